The van der Waals surface area contributed by atoms with Gasteiger partial charge >= 0.3 is 12.1 Å². The predicted octanol–water partition coefficient (Wildman–Crippen LogP) is 3.59. The largest absolute Gasteiger partial charge is 0.490 e. The van der Waals surface area contributed by atoms with Crippen molar-refractivity contribution in [1.82, 2.24) is 0 Å². The molecule has 3 nitrogen and oxygen atoms in total. The molecule has 2 aromatic rings. The minimum Gasteiger partial charge on any atom is -0.475 e. The quantitative estimate of drug-likeness (QED) is 0.846. The molecular weight excluding hydrogens is 295 g/mol. The van der Waals surface area contributed by atoms with Crippen molar-refractivity contribution in [2.24, 2.45) is 5.73 Å². The molecule has 0 aliphatic carbocycles. The molecule has 108 valence electrons. The molecule has 0 unspecified atom stereocenters. The third kappa shape index (κ3) is 4.40. The molecule has 0 aromatic heterocycles. The second-order valence-corrected chi connectivity index (χ2v) is 4.23. The maximum atomic E-state index is 10.6. The highest BCUT2D eigenvalue weighted by molar-refractivity contribution is 6.31. The van der Waals surface area contributed by atoms with Crippen molar-refractivity contribution < 1.29 is 23.1 Å². The summed E-state index contributed by atoms with van der Waals surface area (Å²) in [4.78, 5) is 8.90. The van der Waals surface area contributed by atoms with E-state index in [1.54, 1.807) is 0 Å². The molecule has 2 aromatic carbocycles. The number of nitrogens with two attached hydrogens (primary N) is 1. The maximum Gasteiger partial charge on any atom is 0.490 e. The molecular formula is C13H11ClF3NO2. The molecule has 0 saturated carbocycles. The Morgan fingerprint density at radius 3 is 2.35 bits per heavy atom. The zero-order chi connectivity index (χ0) is 15.3. The van der Waals surface area contributed by atoms with Crippen molar-refractivity contribution in [2.75, 3.05) is 0 Å². The molecule has 0 aliphatic rings. The monoisotopic (exact) mass is 305 g/mol. The highest BCUT2D eigenvalue weighted by atomic mass is 35.5. The summed E-state index contributed by atoms with van der Waals surface area (Å²) in [6.45, 7) is 0.553. The van der Waals surface area contributed by atoms with Crippen LogP contribution in [0.3, 0.4) is 0 Å². The van der Waals surface area contributed by atoms with E-state index in [-0.39, 0.29) is 0 Å². The number of halogens is 4. The number of rotatable bonds is 1. The van der Waals surface area contributed by atoms with Crippen LogP contribution in [0.15, 0.2) is 36.4 Å². The standard InChI is InChI=1S/C11H10ClN.C2HF3O2/c12-10-5-4-8-2-1-3-9(7-13)11(8)6-10;3-2(4,5)1(6)7/h1-6H,7,13H2;(H,6,7). The van der Waals surface area contributed by atoms with Gasteiger partial charge in [0.25, 0.3) is 0 Å². The number of carboxylic acid groups (broad SMARTS) is 1. The van der Waals surface area contributed by atoms with E-state index >= 15 is 0 Å². The van der Waals surface area contributed by atoms with Crippen LogP contribution >= 0.6 is 11.6 Å². The summed E-state index contributed by atoms with van der Waals surface area (Å²) in [5.74, 6) is -2.76. The third-order valence-corrected chi connectivity index (χ3v) is 2.63. The van der Waals surface area contributed by atoms with Gasteiger partial charge in [-0.3, -0.25) is 0 Å². The lowest BCUT2D eigenvalue weighted by Crippen LogP contribution is -2.21. The smallest absolute Gasteiger partial charge is 0.475 e. The molecule has 0 saturated heterocycles. The Morgan fingerprint density at radius 1 is 1.25 bits per heavy atom. The molecule has 0 aliphatic heterocycles. The average molecular weight is 306 g/mol. The second kappa shape index (κ2) is 6.58. The number of fused-ring (bicyclic) bond motifs is 1. The van der Waals surface area contributed by atoms with Crippen molar-refractivity contribution in [1.29, 1.82) is 0 Å². The molecule has 0 spiro atoms. The maximum absolute atomic E-state index is 10.6. The fourth-order valence-electron chi connectivity index (χ4n) is 1.49. The lowest BCUT2D eigenvalue weighted by Gasteiger charge is -2.03. The number of hydrogen-bond donors (Lipinski definition) is 2. The molecule has 0 heterocycles. The van der Waals surface area contributed by atoms with Crippen molar-refractivity contribution in [2.45, 2.75) is 12.7 Å². The van der Waals surface area contributed by atoms with E-state index in [9.17, 15) is 13.2 Å². The average Bonchev–Trinajstić information content (AvgIpc) is 2.37. The van der Waals surface area contributed by atoms with Crippen LogP contribution in [0.4, 0.5) is 13.2 Å². The zero-order valence-electron chi connectivity index (χ0n) is 10.1. The van der Waals surface area contributed by atoms with Crippen LogP contribution in [-0.4, -0.2) is 17.3 Å². The van der Waals surface area contributed by atoms with Crippen LogP contribution in [0.2, 0.25) is 5.02 Å². The number of carboxylic acids is 1. The number of aliphatic carboxylic acids is 1. The van der Waals surface area contributed by atoms with Gasteiger partial charge in [0.1, 0.15) is 0 Å². The highest BCUT2D eigenvalue weighted by Gasteiger charge is 2.38. The first kappa shape index (κ1) is 16.3. The van der Waals surface area contributed by atoms with Gasteiger partial charge in [-0.1, -0.05) is 35.9 Å². The molecule has 0 amide bonds. The summed E-state index contributed by atoms with van der Waals surface area (Å²) >= 11 is 5.91. The Labute approximate surface area is 117 Å². The number of alkyl halides is 3. The molecule has 0 atom stereocenters. The zero-order valence-corrected chi connectivity index (χ0v) is 10.9. The van der Waals surface area contributed by atoms with Gasteiger partial charge in [0.2, 0.25) is 0 Å². The van der Waals surface area contributed by atoms with E-state index in [0.29, 0.717) is 6.54 Å². The van der Waals surface area contributed by atoms with E-state index in [1.807, 2.05) is 30.3 Å². The molecule has 20 heavy (non-hydrogen) atoms. The van der Waals surface area contributed by atoms with Crippen LogP contribution in [0.1, 0.15) is 5.56 Å². The third-order valence-electron chi connectivity index (χ3n) is 2.40. The van der Waals surface area contributed by atoms with Gasteiger partial charge in [-0.15, -0.1) is 0 Å². The Morgan fingerprint density at radius 2 is 1.85 bits per heavy atom. The van der Waals surface area contributed by atoms with Crippen molar-refractivity contribution >= 4 is 28.3 Å². The summed E-state index contributed by atoms with van der Waals surface area (Å²) in [7, 11) is 0. The number of hydrogen-bond acceptors (Lipinski definition) is 2. The van der Waals surface area contributed by atoms with Gasteiger partial charge in [-0.05, 0) is 28.5 Å². The molecule has 7 heteroatoms. The fraction of sp³-hybridized carbons (Fsp3) is 0.154. The van der Waals surface area contributed by atoms with Crippen LogP contribution in [-0.2, 0) is 11.3 Å². The fourth-order valence-corrected chi connectivity index (χ4v) is 1.66. The predicted molar refractivity (Wildman–Crippen MR) is 70.5 cm³/mol. The SMILES string of the molecule is NCc1cccc2ccc(Cl)cc12.O=C(O)C(F)(F)F. The van der Waals surface area contributed by atoms with Crippen LogP contribution in [0, 0.1) is 0 Å². The normalized spacial score (nSPS) is 10.8. The lowest BCUT2D eigenvalue weighted by atomic mass is 10.1. The molecule has 0 bridgehead atoms. The lowest BCUT2D eigenvalue weighted by molar-refractivity contribution is -0.192. The van der Waals surface area contributed by atoms with E-state index in [0.717, 1.165) is 16.0 Å². The summed E-state index contributed by atoms with van der Waals surface area (Å²) in [5.41, 5.74) is 6.76. The van der Waals surface area contributed by atoms with Crippen LogP contribution in [0.25, 0.3) is 10.8 Å². The van der Waals surface area contributed by atoms with E-state index in [4.69, 9.17) is 27.2 Å². The van der Waals surface area contributed by atoms with Crippen molar-refractivity contribution in [3.63, 3.8) is 0 Å². The topological polar surface area (TPSA) is 63.3 Å². The number of benzene rings is 2. The van der Waals surface area contributed by atoms with E-state index in [1.165, 1.54) is 5.39 Å². The summed E-state index contributed by atoms with van der Waals surface area (Å²) in [6.07, 6.45) is -5.08. The van der Waals surface area contributed by atoms with Crippen LogP contribution in [0.5, 0.6) is 0 Å². The first-order valence-corrected chi connectivity index (χ1v) is 5.81. The highest BCUT2D eigenvalue weighted by Crippen LogP contribution is 2.22. The molecule has 0 fully saturated rings. The van der Waals surface area contributed by atoms with Gasteiger partial charge in [-0.25, -0.2) is 4.79 Å². The van der Waals surface area contributed by atoms with Gasteiger partial charge in [0, 0.05) is 11.6 Å². The Kier molecular flexibility index (Phi) is 5.35. The van der Waals surface area contributed by atoms with Gasteiger partial charge in [-0.2, -0.15) is 13.2 Å². The summed E-state index contributed by atoms with van der Waals surface area (Å²) in [6, 6.07) is 12.0. The molecule has 2 rings (SSSR count). The minimum atomic E-state index is -5.08. The van der Waals surface area contributed by atoms with Crippen molar-refractivity contribution in [3.05, 3.63) is 47.0 Å². The first-order chi connectivity index (χ1) is 9.25. The van der Waals surface area contributed by atoms with Gasteiger partial charge in [0.05, 0.1) is 0 Å². The van der Waals surface area contributed by atoms with Crippen LogP contribution < -0.4 is 5.73 Å². The van der Waals surface area contributed by atoms with E-state index in [2.05, 4.69) is 6.07 Å². The Bertz CT molecular complexity index is 614. The minimum absolute atomic E-state index is 0.553. The molecule has 0 radical (unpaired) electrons. The van der Waals surface area contributed by atoms with E-state index < -0.39 is 12.1 Å². The first-order valence-electron chi connectivity index (χ1n) is 5.43. The molecule has 3 N–H and O–H groups in total. The van der Waals surface area contributed by atoms with Gasteiger partial charge < -0.3 is 10.8 Å². The summed E-state index contributed by atoms with van der Waals surface area (Å²) < 4.78 is 31.7. The Hall–Kier alpha value is -1.79. The summed E-state index contributed by atoms with van der Waals surface area (Å²) in [5, 5.41) is 10.2. The van der Waals surface area contributed by atoms with Gasteiger partial charge in [0.15, 0.2) is 0 Å². The number of carbonyl (C=O) groups is 1. The second-order valence-electron chi connectivity index (χ2n) is 3.79. The Balaban J connectivity index is 0.000000246. The van der Waals surface area contributed by atoms with Crippen molar-refractivity contribution in [3.8, 4) is 0 Å².